The van der Waals surface area contributed by atoms with Crippen molar-refractivity contribution in [3.05, 3.63) is 52.5 Å². The van der Waals surface area contributed by atoms with Crippen molar-refractivity contribution in [1.29, 1.82) is 0 Å². The summed E-state index contributed by atoms with van der Waals surface area (Å²) in [5.74, 6) is 0.558. The molecule has 0 saturated heterocycles. The lowest BCUT2D eigenvalue weighted by atomic mass is 10.2. The Balaban J connectivity index is 1.89. The van der Waals surface area contributed by atoms with Gasteiger partial charge < -0.3 is 20.0 Å². The Morgan fingerprint density at radius 3 is 2.48 bits per heavy atom. The van der Waals surface area contributed by atoms with Gasteiger partial charge in [0.25, 0.3) is 0 Å². The quantitative estimate of drug-likeness (QED) is 0.336. The maximum absolute atomic E-state index is 11.7. The molecule has 162 valence electrons. The van der Waals surface area contributed by atoms with Crippen LogP contribution in [0.1, 0.15) is 12.5 Å². The minimum atomic E-state index is -0.575. The second kappa shape index (κ2) is 10.1. The Labute approximate surface area is 188 Å². The lowest BCUT2D eigenvalue weighted by Gasteiger charge is -2.18. The van der Waals surface area contributed by atoms with Crippen LogP contribution in [-0.4, -0.2) is 36.1 Å². The number of hydrogen-bond donors (Lipinski definition) is 1. The first-order valence-electron chi connectivity index (χ1n) is 8.98. The molecular formula is C20H20ClN5O4S. The molecule has 2 aromatic heterocycles. The van der Waals surface area contributed by atoms with E-state index in [2.05, 4.69) is 15.0 Å². The molecule has 1 aromatic carbocycles. The predicted molar refractivity (Wildman–Crippen MR) is 119 cm³/mol. The Morgan fingerprint density at radius 1 is 1.19 bits per heavy atom. The Kier molecular flexibility index (Phi) is 7.27. The number of carbonyl (C=O) groups is 1. The van der Waals surface area contributed by atoms with Gasteiger partial charge >= 0.3 is 5.97 Å². The fraction of sp³-hybridized carbons (Fsp3) is 0.200. The normalized spacial score (nSPS) is 11.2. The lowest BCUT2D eigenvalue weighted by Crippen LogP contribution is -2.38. The zero-order valence-corrected chi connectivity index (χ0v) is 18.6. The van der Waals surface area contributed by atoms with Gasteiger partial charge in [0.15, 0.2) is 0 Å². The molecule has 0 amide bonds. The minimum Gasteiger partial charge on any atom is -0.496 e. The second-order valence-corrected chi connectivity index (χ2v) is 7.34. The van der Waals surface area contributed by atoms with Crippen molar-refractivity contribution in [3.8, 4) is 22.9 Å². The molecule has 0 aliphatic heterocycles. The molecule has 0 bridgehead atoms. The monoisotopic (exact) mass is 461 g/mol. The highest BCUT2D eigenvalue weighted by atomic mass is 35.5. The van der Waals surface area contributed by atoms with Gasteiger partial charge in [-0.2, -0.15) is 0 Å². The van der Waals surface area contributed by atoms with Gasteiger partial charge in [-0.05, 0) is 24.3 Å². The van der Waals surface area contributed by atoms with Crippen LogP contribution in [0, 0.1) is 0 Å². The lowest BCUT2D eigenvalue weighted by molar-refractivity contribution is -0.140. The third kappa shape index (κ3) is 5.41. The van der Waals surface area contributed by atoms with Gasteiger partial charge in [0.05, 0.1) is 37.0 Å². The number of benzene rings is 1. The first-order chi connectivity index (χ1) is 14.9. The van der Waals surface area contributed by atoms with E-state index in [1.54, 1.807) is 49.9 Å². The van der Waals surface area contributed by atoms with E-state index >= 15 is 0 Å². The van der Waals surface area contributed by atoms with Crippen molar-refractivity contribution in [2.75, 3.05) is 19.3 Å². The number of hydrogen-bond acceptors (Lipinski definition) is 8. The van der Waals surface area contributed by atoms with E-state index in [0.29, 0.717) is 38.6 Å². The highest BCUT2D eigenvalue weighted by Gasteiger charge is 2.20. The minimum absolute atomic E-state index is 0.0619. The molecular weight excluding hydrogens is 442 g/mol. The van der Waals surface area contributed by atoms with Crippen LogP contribution < -0.4 is 20.3 Å². The average Bonchev–Trinajstić information content (AvgIpc) is 3.25. The van der Waals surface area contributed by atoms with Crippen LogP contribution in [0.3, 0.4) is 0 Å². The van der Waals surface area contributed by atoms with Crippen LogP contribution >= 0.6 is 22.9 Å². The molecule has 0 spiro atoms. The number of hydroxylamine groups is 1. The number of anilines is 1. The average molecular weight is 462 g/mol. The number of nitrogens with two attached hydrogens (primary N) is 1. The van der Waals surface area contributed by atoms with E-state index in [9.17, 15) is 4.79 Å². The van der Waals surface area contributed by atoms with E-state index in [4.69, 9.17) is 31.6 Å². The summed E-state index contributed by atoms with van der Waals surface area (Å²) in [6, 6.07) is 8.84. The highest BCUT2D eigenvalue weighted by molar-refractivity contribution is 7.14. The zero-order chi connectivity index (χ0) is 22.4. The number of rotatable bonds is 6. The van der Waals surface area contributed by atoms with Gasteiger partial charge in [0.2, 0.25) is 11.1 Å². The smallest absolute Gasteiger partial charge is 0.330 e. The molecule has 0 saturated carbocycles. The molecule has 31 heavy (non-hydrogen) atoms. The largest absolute Gasteiger partial charge is 0.496 e. The number of aliphatic imine (C=N–C) groups is 1. The van der Waals surface area contributed by atoms with Crippen molar-refractivity contribution in [1.82, 2.24) is 9.97 Å². The standard InChI is InChI=1S/C20H20ClN5O4S/c1-12(27)30-26(20-25-16(11-31-20)15-8-7-13(21)9-23-15)19(22)24-10-14-17(28-2)5-4-6-18(14)29-3/h4-9,11H,10H2,1-3H3,(H2,22,24). The Bertz CT molecular complexity index is 1070. The van der Waals surface area contributed by atoms with E-state index < -0.39 is 5.97 Å². The Morgan fingerprint density at radius 2 is 1.90 bits per heavy atom. The molecule has 0 radical (unpaired) electrons. The number of thiazole rings is 1. The van der Waals surface area contributed by atoms with E-state index in [0.717, 1.165) is 5.06 Å². The van der Waals surface area contributed by atoms with Crippen LogP contribution in [0.15, 0.2) is 46.9 Å². The summed E-state index contributed by atoms with van der Waals surface area (Å²) in [6.07, 6.45) is 1.52. The van der Waals surface area contributed by atoms with E-state index in [1.165, 1.54) is 24.5 Å². The first-order valence-corrected chi connectivity index (χ1v) is 10.2. The zero-order valence-electron chi connectivity index (χ0n) is 17.0. The molecule has 0 fully saturated rings. The van der Waals surface area contributed by atoms with Gasteiger partial charge in [-0.25, -0.2) is 14.8 Å². The second-order valence-electron chi connectivity index (χ2n) is 6.07. The summed E-state index contributed by atoms with van der Waals surface area (Å²) in [6.45, 7) is 1.40. The molecule has 2 N–H and O–H groups in total. The van der Waals surface area contributed by atoms with Crippen LogP contribution in [-0.2, 0) is 16.2 Å². The maximum Gasteiger partial charge on any atom is 0.330 e. The molecule has 9 nitrogen and oxygen atoms in total. The van der Waals surface area contributed by atoms with Gasteiger partial charge in [0, 0.05) is 18.5 Å². The maximum atomic E-state index is 11.7. The summed E-state index contributed by atoms with van der Waals surface area (Å²) in [7, 11) is 3.11. The van der Waals surface area contributed by atoms with Crippen LogP contribution in [0.4, 0.5) is 5.13 Å². The van der Waals surface area contributed by atoms with E-state index in [-0.39, 0.29) is 12.5 Å². The van der Waals surface area contributed by atoms with Crippen molar-refractivity contribution in [2.24, 2.45) is 10.7 Å². The Hall–Kier alpha value is -3.37. The summed E-state index contributed by atoms with van der Waals surface area (Å²) in [4.78, 5) is 30.0. The molecule has 3 aromatic rings. The summed E-state index contributed by atoms with van der Waals surface area (Å²) in [5, 5.41) is 3.67. The van der Waals surface area contributed by atoms with Gasteiger partial charge in [-0.3, -0.25) is 4.98 Å². The van der Waals surface area contributed by atoms with Crippen LogP contribution in [0.5, 0.6) is 11.5 Å². The first kappa shape index (κ1) is 22.3. The molecule has 0 atom stereocenters. The SMILES string of the molecule is COc1cccc(OC)c1CN=C(N)N(OC(C)=O)c1nc(-c2ccc(Cl)cn2)cs1. The summed E-state index contributed by atoms with van der Waals surface area (Å²) < 4.78 is 10.7. The van der Waals surface area contributed by atoms with Crippen molar-refractivity contribution < 1.29 is 19.1 Å². The highest BCUT2D eigenvalue weighted by Crippen LogP contribution is 2.30. The molecule has 2 heterocycles. The molecule has 0 unspecified atom stereocenters. The number of methoxy groups -OCH3 is 2. The fourth-order valence-electron chi connectivity index (χ4n) is 2.62. The van der Waals surface area contributed by atoms with Gasteiger partial charge in [0.1, 0.15) is 17.2 Å². The topological polar surface area (TPSA) is 112 Å². The van der Waals surface area contributed by atoms with Gasteiger partial charge in [-0.15, -0.1) is 16.4 Å². The molecule has 11 heteroatoms. The number of halogens is 1. The molecule has 0 aliphatic carbocycles. The van der Waals surface area contributed by atoms with Crippen molar-refractivity contribution in [2.45, 2.75) is 13.5 Å². The third-order valence-electron chi connectivity index (χ3n) is 4.01. The van der Waals surface area contributed by atoms with Crippen molar-refractivity contribution >= 4 is 40.0 Å². The number of carbonyl (C=O) groups excluding carboxylic acids is 1. The van der Waals surface area contributed by atoms with Crippen molar-refractivity contribution in [3.63, 3.8) is 0 Å². The fourth-order valence-corrected chi connectivity index (χ4v) is 3.50. The summed E-state index contributed by atoms with van der Waals surface area (Å²) in [5.41, 5.74) is 8.04. The third-order valence-corrected chi connectivity index (χ3v) is 5.05. The molecule has 0 aliphatic rings. The molecule has 3 rings (SSSR count). The van der Waals surface area contributed by atoms with Crippen LogP contribution in [0.2, 0.25) is 5.02 Å². The van der Waals surface area contributed by atoms with Gasteiger partial charge in [-0.1, -0.05) is 17.7 Å². The number of pyridine rings is 1. The number of aromatic nitrogens is 2. The summed E-state index contributed by atoms with van der Waals surface area (Å²) >= 11 is 7.10. The number of ether oxygens (including phenoxy) is 2. The predicted octanol–water partition coefficient (Wildman–Crippen LogP) is 3.68. The van der Waals surface area contributed by atoms with Crippen LogP contribution in [0.25, 0.3) is 11.4 Å². The number of nitrogens with zero attached hydrogens (tertiary/aromatic N) is 4. The number of guanidine groups is 1. The van der Waals surface area contributed by atoms with E-state index in [1.807, 2.05) is 0 Å².